The maximum atomic E-state index is 12.6. The van der Waals surface area contributed by atoms with Crippen molar-refractivity contribution >= 4 is 22.6 Å². The van der Waals surface area contributed by atoms with Gasteiger partial charge in [-0.3, -0.25) is 4.79 Å². The molecule has 0 bridgehead atoms. The minimum Gasteiger partial charge on any atom is -0.497 e. The van der Waals surface area contributed by atoms with Crippen LogP contribution in [0.15, 0.2) is 57.7 Å². The van der Waals surface area contributed by atoms with E-state index in [2.05, 4.69) is 5.32 Å². The first-order valence-corrected chi connectivity index (χ1v) is 7.05. The lowest BCUT2D eigenvalue weighted by atomic mass is 10.1. The Morgan fingerprint density at radius 1 is 1.21 bits per heavy atom. The number of ether oxygens (including phenoxy) is 1. The quantitative estimate of drug-likeness (QED) is 0.749. The smallest absolute Gasteiger partial charge is 0.337 e. The highest BCUT2D eigenvalue weighted by molar-refractivity contribution is 6.12. The molecule has 0 saturated carbocycles. The summed E-state index contributed by atoms with van der Waals surface area (Å²) in [5.41, 5.74) is 0.478. The van der Waals surface area contributed by atoms with Crippen molar-refractivity contribution in [3.8, 4) is 11.8 Å². The van der Waals surface area contributed by atoms with Gasteiger partial charge in [0.15, 0.2) is 0 Å². The number of rotatable bonds is 3. The molecule has 0 aliphatic heterocycles. The minimum atomic E-state index is -0.644. The van der Waals surface area contributed by atoms with Gasteiger partial charge in [-0.05, 0) is 24.3 Å². The van der Waals surface area contributed by atoms with Crippen LogP contribution in [0.3, 0.4) is 0 Å². The highest BCUT2D eigenvalue weighted by atomic mass is 16.5. The van der Waals surface area contributed by atoms with Gasteiger partial charge in [-0.15, -0.1) is 0 Å². The molecule has 0 saturated heterocycles. The van der Waals surface area contributed by atoms with Gasteiger partial charge >= 0.3 is 5.63 Å². The normalized spacial score (nSPS) is 10.2. The largest absolute Gasteiger partial charge is 0.497 e. The maximum Gasteiger partial charge on any atom is 0.337 e. The van der Waals surface area contributed by atoms with E-state index in [1.54, 1.807) is 36.4 Å². The van der Waals surface area contributed by atoms with Gasteiger partial charge in [0.2, 0.25) is 0 Å². The third-order valence-corrected chi connectivity index (χ3v) is 3.49. The third-order valence-electron chi connectivity index (χ3n) is 3.49. The molecule has 1 N–H and O–H groups in total. The summed E-state index contributed by atoms with van der Waals surface area (Å²) in [6, 6.07) is 14.6. The predicted octanol–water partition coefficient (Wildman–Crippen LogP) is 2.93. The van der Waals surface area contributed by atoms with Crippen LogP contribution in [0, 0.1) is 11.3 Å². The van der Waals surface area contributed by atoms with Crippen LogP contribution in [0.25, 0.3) is 11.0 Å². The molecule has 0 fully saturated rings. The number of fused-ring (bicyclic) bond motifs is 1. The van der Waals surface area contributed by atoms with E-state index in [9.17, 15) is 9.59 Å². The van der Waals surface area contributed by atoms with Gasteiger partial charge in [0, 0.05) is 17.5 Å². The highest BCUT2D eigenvalue weighted by Crippen LogP contribution is 2.23. The molecule has 1 heterocycles. The van der Waals surface area contributed by atoms with Gasteiger partial charge in [-0.2, -0.15) is 5.26 Å². The molecule has 3 aromatic rings. The van der Waals surface area contributed by atoms with Crippen LogP contribution in [0.4, 0.5) is 5.69 Å². The van der Waals surface area contributed by atoms with E-state index in [-0.39, 0.29) is 11.1 Å². The summed E-state index contributed by atoms with van der Waals surface area (Å²) < 4.78 is 10.2. The molecule has 0 unspecified atom stereocenters. The summed E-state index contributed by atoms with van der Waals surface area (Å²) in [5, 5.41) is 12.2. The van der Waals surface area contributed by atoms with E-state index < -0.39 is 11.5 Å². The van der Waals surface area contributed by atoms with Crippen molar-refractivity contribution in [2.75, 3.05) is 12.4 Å². The molecular weight excluding hydrogens is 308 g/mol. The average molecular weight is 320 g/mol. The molecule has 24 heavy (non-hydrogen) atoms. The number of hydrogen-bond acceptors (Lipinski definition) is 5. The number of nitrogens with zero attached hydrogens (tertiary/aromatic N) is 1. The summed E-state index contributed by atoms with van der Waals surface area (Å²) in [5.74, 6) is 0.0128. The number of nitrogens with one attached hydrogen (secondary N) is 1. The van der Waals surface area contributed by atoms with E-state index in [4.69, 9.17) is 14.4 Å². The summed E-state index contributed by atoms with van der Waals surface area (Å²) in [6.45, 7) is 0. The summed E-state index contributed by atoms with van der Waals surface area (Å²) in [4.78, 5) is 24.3. The van der Waals surface area contributed by atoms with Crippen molar-refractivity contribution in [3.05, 3.63) is 70.1 Å². The van der Waals surface area contributed by atoms with Crippen LogP contribution in [0.1, 0.15) is 15.9 Å². The predicted molar refractivity (Wildman–Crippen MR) is 88.1 cm³/mol. The zero-order chi connectivity index (χ0) is 17.1. The van der Waals surface area contributed by atoms with E-state index >= 15 is 0 Å². The molecule has 0 aliphatic carbocycles. The first-order valence-electron chi connectivity index (χ1n) is 7.05. The molecule has 1 amide bonds. The van der Waals surface area contributed by atoms with E-state index in [1.165, 1.54) is 13.2 Å². The number of carbonyl (C=O) groups is 1. The second-order valence-corrected chi connectivity index (χ2v) is 4.95. The van der Waals surface area contributed by atoms with Crippen molar-refractivity contribution < 1.29 is 13.9 Å². The number of methoxy groups -OCH3 is 1. The van der Waals surface area contributed by atoms with Gasteiger partial charge in [-0.1, -0.05) is 12.1 Å². The fraction of sp³-hybridized carbons (Fsp3) is 0.0556. The Morgan fingerprint density at radius 3 is 2.75 bits per heavy atom. The lowest BCUT2D eigenvalue weighted by molar-refractivity contribution is 0.102. The average Bonchev–Trinajstić information content (AvgIpc) is 2.60. The number of amides is 1. The number of carbonyl (C=O) groups excluding carboxylic acids is 1. The van der Waals surface area contributed by atoms with Gasteiger partial charge in [-0.25, -0.2) is 4.79 Å². The van der Waals surface area contributed by atoms with Crippen molar-refractivity contribution in [2.45, 2.75) is 0 Å². The molecule has 3 rings (SSSR count). The second kappa shape index (κ2) is 6.26. The third kappa shape index (κ3) is 2.83. The number of nitriles is 1. The molecule has 0 radical (unpaired) electrons. The summed E-state index contributed by atoms with van der Waals surface area (Å²) >= 11 is 0. The van der Waals surface area contributed by atoms with Crippen molar-refractivity contribution in [1.82, 2.24) is 0 Å². The monoisotopic (exact) mass is 320 g/mol. The van der Waals surface area contributed by atoms with Crippen LogP contribution in [-0.2, 0) is 0 Å². The van der Waals surface area contributed by atoms with Crippen molar-refractivity contribution in [2.24, 2.45) is 0 Å². The number of hydrogen-bond donors (Lipinski definition) is 1. The van der Waals surface area contributed by atoms with Gasteiger partial charge < -0.3 is 14.5 Å². The van der Waals surface area contributed by atoms with Gasteiger partial charge in [0.25, 0.3) is 5.91 Å². The Balaban J connectivity index is 2.07. The van der Waals surface area contributed by atoms with Crippen LogP contribution in [-0.4, -0.2) is 13.0 Å². The fourth-order valence-electron chi connectivity index (χ4n) is 2.34. The Hall–Kier alpha value is -3.59. The molecule has 0 atom stereocenters. The van der Waals surface area contributed by atoms with Crippen LogP contribution in [0.5, 0.6) is 5.75 Å². The second-order valence-electron chi connectivity index (χ2n) is 4.95. The van der Waals surface area contributed by atoms with E-state index in [0.29, 0.717) is 22.4 Å². The topological polar surface area (TPSA) is 92.3 Å². The standard InChI is InChI=1S/C18H12N2O4/c1-23-12-6-7-13-14(9-17(21)24-16(13)8-12)18(22)20-15-5-3-2-4-11(15)10-19/h2-9H,1H3,(H,20,22). The molecular formula is C18H12N2O4. The molecule has 6 nitrogen and oxygen atoms in total. The zero-order valence-electron chi connectivity index (χ0n) is 12.7. The molecule has 0 spiro atoms. The summed E-state index contributed by atoms with van der Waals surface area (Å²) in [6.07, 6.45) is 0. The number of anilines is 1. The SMILES string of the molecule is COc1ccc2c(C(=O)Nc3ccccc3C#N)cc(=O)oc2c1. The van der Waals surface area contributed by atoms with E-state index in [0.717, 1.165) is 6.07 Å². The lowest BCUT2D eigenvalue weighted by Crippen LogP contribution is -2.15. The Kier molecular flexibility index (Phi) is 4.00. The fourth-order valence-corrected chi connectivity index (χ4v) is 2.34. The molecule has 6 heteroatoms. The zero-order valence-corrected chi connectivity index (χ0v) is 12.7. The first kappa shape index (κ1) is 15.3. The summed E-state index contributed by atoms with van der Waals surface area (Å²) in [7, 11) is 1.49. The van der Waals surface area contributed by atoms with Gasteiger partial charge in [0.05, 0.1) is 23.9 Å². The molecule has 0 aliphatic rings. The Bertz CT molecular complexity index is 1030. The van der Waals surface area contributed by atoms with E-state index in [1.807, 2.05) is 6.07 Å². The van der Waals surface area contributed by atoms with Crippen LogP contribution >= 0.6 is 0 Å². The maximum absolute atomic E-state index is 12.6. The minimum absolute atomic E-state index is 0.164. The molecule has 1 aromatic heterocycles. The lowest BCUT2D eigenvalue weighted by Gasteiger charge is -2.09. The van der Waals surface area contributed by atoms with Crippen molar-refractivity contribution in [1.29, 1.82) is 5.26 Å². The van der Waals surface area contributed by atoms with Crippen LogP contribution in [0.2, 0.25) is 0 Å². The molecule has 118 valence electrons. The first-order chi connectivity index (χ1) is 11.6. The van der Waals surface area contributed by atoms with Crippen LogP contribution < -0.4 is 15.7 Å². The Morgan fingerprint density at radius 2 is 2.00 bits per heavy atom. The molecule has 2 aromatic carbocycles. The van der Waals surface area contributed by atoms with Crippen molar-refractivity contribution in [3.63, 3.8) is 0 Å². The number of benzene rings is 2. The number of para-hydroxylation sites is 1. The Labute approximate surface area is 136 Å². The highest BCUT2D eigenvalue weighted by Gasteiger charge is 2.15. The van der Waals surface area contributed by atoms with Gasteiger partial charge in [0.1, 0.15) is 17.4 Å².